The first-order valence-electron chi connectivity index (χ1n) is 7.86. The van der Waals surface area contributed by atoms with Crippen molar-refractivity contribution in [3.63, 3.8) is 0 Å². The highest BCUT2D eigenvalue weighted by atomic mass is 31.2. The number of anilines is 2. The molecule has 4 N–H and O–H groups in total. The first kappa shape index (κ1) is 19.5. The van der Waals surface area contributed by atoms with Gasteiger partial charge in [0.25, 0.3) is 0 Å². The number of ether oxygens (including phenoxy) is 1. The van der Waals surface area contributed by atoms with Crippen molar-refractivity contribution in [2.75, 3.05) is 24.4 Å². The van der Waals surface area contributed by atoms with E-state index in [-0.39, 0.29) is 36.9 Å². The van der Waals surface area contributed by atoms with Crippen molar-refractivity contribution in [1.29, 1.82) is 0 Å². The van der Waals surface area contributed by atoms with Crippen LogP contribution in [0.1, 0.15) is 27.7 Å². The van der Waals surface area contributed by atoms with Crippen LogP contribution >= 0.6 is 7.60 Å². The third kappa shape index (κ3) is 5.60. The molecule has 0 amide bonds. The van der Waals surface area contributed by atoms with Crippen LogP contribution in [0.25, 0.3) is 11.2 Å². The Morgan fingerprint density at radius 1 is 1.08 bits per heavy atom. The zero-order valence-corrected chi connectivity index (χ0v) is 15.6. The minimum Gasteiger partial charge on any atom is -0.382 e. The average Bonchev–Trinajstić information content (AvgIpc) is 2.85. The van der Waals surface area contributed by atoms with Crippen molar-refractivity contribution < 1.29 is 18.3 Å². The van der Waals surface area contributed by atoms with Gasteiger partial charge in [-0.1, -0.05) is 0 Å². The lowest BCUT2D eigenvalue weighted by Crippen LogP contribution is -2.14. The fourth-order valence-corrected chi connectivity index (χ4v) is 3.85. The zero-order valence-electron chi connectivity index (χ0n) is 14.7. The molecule has 0 aliphatic rings. The lowest BCUT2D eigenvalue weighted by atomic mass is 10.5. The first-order chi connectivity index (χ1) is 11.7. The summed E-state index contributed by atoms with van der Waals surface area (Å²) in [7, 11) is -3.33. The van der Waals surface area contributed by atoms with Gasteiger partial charge in [0.15, 0.2) is 11.3 Å². The van der Waals surface area contributed by atoms with E-state index in [1.807, 2.05) is 0 Å². The predicted octanol–water partition coefficient (Wildman–Crippen LogP) is 1.40. The normalized spacial score (nSPS) is 12.6. The van der Waals surface area contributed by atoms with Crippen molar-refractivity contribution in [2.24, 2.45) is 0 Å². The van der Waals surface area contributed by atoms with Gasteiger partial charge in [-0.3, -0.25) is 4.57 Å². The second kappa shape index (κ2) is 8.05. The van der Waals surface area contributed by atoms with Crippen LogP contribution in [0, 0.1) is 0 Å². The highest BCUT2D eigenvalue weighted by Gasteiger charge is 2.28. The summed E-state index contributed by atoms with van der Waals surface area (Å²) in [4.78, 5) is 9.15. The fraction of sp³-hybridized carbons (Fsp3) is 0.692. The summed E-state index contributed by atoms with van der Waals surface area (Å²) >= 11 is 0. The van der Waals surface area contributed by atoms with E-state index in [9.17, 15) is 4.57 Å². The van der Waals surface area contributed by atoms with Crippen molar-refractivity contribution in [3.8, 4) is 0 Å². The van der Waals surface area contributed by atoms with Crippen LogP contribution in [0.4, 0.5) is 11.8 Å². The largest absolute Gasteiger partial charge is 0.382 e. The van der Waals surface area contributed by atoms with Crippen LogP contribution in [0.2, 0.25) is 0 Å². The SMILES string of the molecule is CC(C)OP(=O)(COCCn1nc2nc(N)nc(N)c2n1)OC(C)C. The molecule has 140 valence electrons. The Morgan fingerprint density at radius 2 is 1.72 bits per heavy atom. The van der Waals surface area contributed by atoms with Crippen LogP contribution in [0.5, 0.6) is 0 Å². The third-order valence-corrected chi connectivity index (χ3v) is 4.75. The van der Waals surface area contributed by atoms with Crippen molar-refractivity contribution in [1.82, 2.24) is 25.0 Å². The monoisotopic (exact) mass is 373 g/mol. The Kier molecular flexibility index (Phi) is 6.28. The Morgan fingerprint density at radius 3 is 2.32 bits per heavy atom. The van der Waals surface area contributed by atoms with E-state index in [2.05, 4.69) is 20.2 Å². The van der Waals surface area contributed by atoms with Gasteiger partial charge in [0.2, 0.25) is 11.6 Å². The van der Waals surface area contributed by atoms with Crippen LogP contribution in [0.3, 0.4) is 0 Å². The van der Waals surface area contributed by atoms with Crippen molar-refractivity contribution in [3.05, 3.63) is 0 Å². The summed E-state index contributed by atoms with van der Waals surface area (Å²) in [5.74, 6) is 0.195. The highest BCUT2D eigenvalue weighted by molar-refractivity contribution is 7.53. The molecule has 2 rings (SSSR count). The molecule has 0 spiro atoms. The molecule has 0 fully saturated rings. The molecule has 0 saturated carbocycles. The summed E-state index contributed by atoms with van der Waals surface area (Å²) in [6, 6.07) is 0. The Balaban J connectivity index is 1.93. The molecule has 11 nitrogen and oxygen atoms in total. The van der Waals surface area contributed by atoms with Gasteiger partial charge >= 0.3 is 7.60 Å². The summed E-state index contributed by atoms with van der Waals surface area (Å²) in [5, 5.41) is 8.32. The number of rotatable bonds is 9. The van der Waals surface area contributed by atoms with Crippen molar-refractivity contribution >= 4 is 30.5 Å². The molecule has 0 radical (unpaired) electrons. The van der Waals surface area contributed by atoms with Gasteiger partial charge in [-0.2, -0.15) is 14.8 Å². The summed E-state index contributed by atoms with van der Waals surface area (Å²) in [6.45, 7) is 7.65. The summed E-state index contributed by atoms with van der Waals surface area (Å²) in [5.41, 5.74) is 11.9. The lowest BCUT2D eigenvalue weighted by molar-refractivity contribution is 0.0938. The second-order valence-electron chi connectivity index (χ2n) is 5.89. The summed E-state index contributed by atoms with van der Waals surface area (Å²) in [6.07, 6.45) is -0.629. The van der Waals surface area contributed by atoms with E-state index in [4.69, 9.17) is 25.3 Å². The number of nitrogens with two attached hydrogens (primary N) is 2. The molecule has 12 heteroatoms. The Bertz CT molecular complexity index is 750. The van der Waals surface area contributed by atoms with Crippen molar-refractivity contribution in [2.45, 2.75) is 46.4 Å². The van der Waals surface area contributed by atoms with Crippen LogP contribution in [-0.4, -0.2) is 50.1 Å². The molecule has 0 aliphatic heterocycles. The molecule has 2 aromatic heterocycles. The van der Waals surface area contributed by atoms with E-state index in [0.717, 1.165) is 0 Å². The number of hydrogen-bond acceptors (Lipinski definition) is 10. The van der Waals surface area contributed by atoms with E-state index in [0.29, 0.717) is 17.7 Å². The minimum atomic E-state index is -3.33. The molecule has 2 aromatic rings. The van der Waals surface area contributed by atoms with Gasteiger partial charge in [-0.05, 0) is 27.7 Å². The van der Waals surface area contributed by atoms with Gasteiger partial charge in [0, 0.05) is 0 Å². The number of fused-ring (bicyclic) bond motifs is 1. The maximum Gasteiger partial charge on any atom is 0.356 e. The fourth-order valence-electron chi connectivity index (χ4n) is 2.04. The third-order valence-electron chi connectivity index (χ3n) is 2.76. The molecule has 25 heavy (non-hydrogen) atoms. The van der Waals surface area contributed by atoms with Crippen LogP contribution in [-0.2, 0) is 24.9 Å². The van der Waals surface area contributed by atoms with E-state index in [1.165, 1.54) is 4.80 Å². The van der Waals surface area contributed by atoms with E-state index < -0.39 is 7.60 Å². The predicted molar refractivity (Wildman–Crippen MR) is 92.8 cm³/mol. The molecule has 0 saturated heterocycles. The smallest absolute Gasteiger partial charge is 0.356 e. The Labute approximate surface area is 145 Å². The topological polar surface area (TPSA) is 153 Å². The van der Waals surface area contributed by atoms with E-state index >= 15 is 0 Å². The summed E-state index contributed by atoms with van der Waals surface area (Å²) < 4.78 is 28.9. The lowest BCUT2D eigenvalue weighted by Gasteiger charge is -2.22. The minimum absolute atomic E-state index is 0.0332. The molecule has 0 aliphatic carbocycles. The number of nitrogens with zero attached hydrogens (tertiary/aromatic N) is 5. The average molecular weight is 373 g/mol. The van der Waals surface area contributed by atoms with Crippen LogP contribution < -0.4 is 11.5 Å². The molecular weight excluding hydrogens is 349 g/mol. The highest BCUT2D eigenvalue weighted by Crippen LogP contribution is 2.50. The molecule has 0 aromatic carbocycles. The standard InChI is InChI=1S/C13H24N7O4P/c1-8(2)23-25(21,24-9(3)4)7-22-6-5-20-18-10-11(14)16-13(15)17-12(10)19-20/h8-9H,5-7H2,1-4H3,(H4,14,15,16,17,19). The number of hydrogen-bond donors (Lipinski definition) is 2. The van der Waals surface area contributed by atoms with E-state index in [1.54, 1.807) is 27.7 Å². The quantitative estimate of drug-likeness (QED) is 0.487. The van der Waals surface area contributed by atoms with Crippen LogP contribution in [0.15, 0.2) is 0 Å². The molecular formula is C13H24N7O4P. The van der Waals surface area contributed by atoms with Gasteiger partial charge in [0.1, 0.15) is 6.35 Å². The van der Waals surface area contributed by atoms with Gasteiger partial charge in [-0.25, -0.2) is 0 Å². The molecule has 0 bridgehead atoms. The molecule has 0 atom stereocenters. The maximum atomic E-state index is 12.6. The van der Waals surface area contributed by atoms with Gasteiger partial charge < -0.3 is 25.3 Å². The zero-order chi connectivity index (χ0) is 18.6. The van der Waals surface area contributed by atoms with Gasteiger partial charge in [-0.15, -0.1) is 10.2 Å². The molecule has 0 unspecified atom stereocenters. The Hall–Kier alpha value is -1.81. The maximum absolute atomic E-state index is 12.6. The van der Waals surface area contributed by atoms with Gasteiger partial charge in [0.05, 0.1) is 25.4 Å². The number of aromatic nitrogens is 5. The number of nitrogen functional groups attached to an aromatic ring is 2. The second-order valence-corrected chi connectivity index (χ2v) is 7.79. The first-order valence-corrected chi connectivity index (χ1v) is 9.59. The molecule has 2 heterocycles.